The molecule has 0 fully saturated rings. The van der Waals surface area contributed by atoms with Crippen LogP contribution in [0.3, 0.4) is 0 Å². The van der Waals surface area contributed by atoms with Crippen LogP contribution in [0, 0.1) is 17.7 Å². The Morgan fingerprint density at radius 2 is 1.79 bits per heavy atom. The largest absolute Gasteiger partial charge is 0.384 e. The zero-order valence-corrected chi connectivity index (χ0v) is 11.1. The van der Waals surface area contributed by atoms with Crippen molar-refractivity contribution in [2.75, 3.05) is 6.61 Å². The highest BCUT2D eigenvalue weighted by atomic mass is 32.2. The molecule has 0 aliphatic heterocycles. The van der Waals surface area contributed by atoms with Crippen molar-refractivity contribution in [3.8, 4) is 11.8 Å². The summed E-state index contributed by atoms with van der Waals surface area (Å²) in [7, 11) is 0. The van der Waals surface area contributed by atoms with Gasteiger partial charge in [-0.1, -0.05) is 36.1 Å². The molecule has 0 amide bonds. The third kappa shape index (κ3) is 4.13. The van der Waals surface area contributed by atoms with Crippen molar-refractivity contribution >= 4 is 11.8 Å². The Labute approximate surface area is 116 Å². The summed E-state index contributed by atoms with van der Waals surface area (Å²) in [4.78, 5) is 0.659. The number of aliphatic hydroxyl groups is 1. The third-order valence-electron chi connectivity index (χ3n) is 2.50. The lowest BCUT2D eigenvalue weighted by Crippen LogP contribution is -1.84. The van der Waals surface area contributed by atoms with Crippen LogP contribution in [0.15, 0.2) is 53.4 Å². The summed E-state index contributed by atoms with van der Waals surface area (Å²) in [6, 6.07) is 14.5. The molecule has 0 aliphatic carbocycles. The maximum Gasteiger partial charge on any atom is 0.136 e. The van der Waals surface area contributed by atoms with Crippen LogP contribution >= 0.6 is 11.8 Å². The molecule has 0 aromatic heterocycles. The van der Waals surface area contributed by atoms with Crippen LogP contribution in [0.25, 0.3) is 0 Å². The first-order valence-electron chi connectivity index (χ1n) is 5.85. The van der Waals surface area contributed by atoms with Crippen molar-refractivity contribution in [1.29, 1.82) is 0 Å². The second kappa shape index (κ2) is 6.98. The number of hydrogen-bond donors (Lipinski definition) is 1. The van der Waals surface area contributed by atoms with Crippen molar-refractivity contribution in [1.82, 2.24) is 0 Å². The summed E-state index contributed by atoms with van der Waals surface area (Å²) in [5.41, 5.74) is 1.98. The van der Waals surface area contributed by atoms with Gasteiger partial charge in [-0.15, -0.1) is 11.8 Å². The van der Waals surface area contributed by atoms with E-state index in [1.54, 1.807) is 12.1 Å². The number of benzene rings is 2. The average molecular weight is 272 g/mol. The van der Waals surface area contributed by atoms with E-state index in [2.05, 4.69) is 11.8 Å². The molecule has 0 atom stereocenters. The molecule has 0 heterocycles. The minimum absolute atomic E-state index is 0.134. The maximum absolute atomic E-state index is 13.4. The van der Waals surface area contributed by atoms with E-state index in [-0.39, 0.29) is 12.4 Å². The highest BCUT2D eigenvalue weighted by Crippen LogP contribution is 2.25. The van der Waals surface area contributed by atoms with Gasteiger partial charge in [-0.3, -0.25) is 0 Å². The number of halogens is 1. The minimum Gasteiger partial charge on any atom is -0.384 e. The Morgan fingerprint density at radius 1 is 1.05 bits per heavy atom. The second-order valence-corrected chi connectivity index (χ2v) is 4.89. The molecule has 2 aromatic rings. The summed E-state index contributed by atoms with van der Waals surface area (Å²) in [5.74, 6) is 5.97. The van der Waals surface area contributed by atoms with Gasteiger partial charge in [-0.2, -0.15) is 0 Å². The van der Waals surface area contributed by atoms with Crippen LogP contribution in [-0.4, -0.2) is 11.7 Å². The normalized spacial score (nSPS) is 9.79. The van der Waals surface area contributed by atoms with Gasteiger partial charge >= 0.3 is 0 Å². The Bertz CT molecular complexity index is 596. The van der Waals surface area contributed by atoms with E-state index < -0.39 is 0 Å². The molecular weight excluding hydrogens is 259 g/mol. The van der Waals surface area contributed by atoms with E-state index >= 15 is 0 Å². The number of thioether (sulfide) groups is 1. The topological polar surface area (TPSA) is 20.2 Å². The number of hydrogen-bond acceptors (Lipinski definition) is 2. The van der Waals surface area contributed by atoms with Crippen LogP contribution in [0.4, 0.5) is 4.39 Å². The molecule has 96 valence electrons. The first-order valence-corrected chi connectivity index (χ1v) is 6.84. The fourth-order valence-electron chi connectivity index (χ4n) is 1.55. The molecule has 2 rings (SSSR count). The van der Waals surface area contributed by atoms with Crippen LogP contribution in [0.5, 0.6) is 0 Å². The summed E-state index contributed by atoms with van der Waals surface area (Å²) in [5, 5.41) is 8.61. The van der Waals surface area contributed by atoms with E-state index in [9.17, 15) is 4.39 Å². The molecule has 0 radical (unpaired) electrons. The van der Waals surface area contributed by atoms with E-state index in [0.717, 1.165) is 11.1 Å². The first kappa shape index (κ1) is 13.7. The van der Waals surface area contributed by atoms with Crippen molar-refractivity contribution in [2.24, 2.45) is 0 Å². The standard InChI is InChI=1S/C16H13FOS/c17-15-5-1-2-6-16(15)19-12-14-9-7-13(8-10-14)4-3-11-18/h1-2,5-10,18H,11-12H2. The van der Waals surface area contributed by atoms with Crippen molar-refractivity contribution in [2.45, 2.75) is 10.6 Å². The molecule has 2 aromatic carbocycles. The molecule has 0 spiro atoms. The molecule has 0 bridgehead atoms. The Morgan fingerprint density at radius 3 is 2.47 bits per heavy atom. The lowest BCUT2D eigenvalue weighted by atomic mass is 10.1. The summed E-state index contributed by atoms with van der Waals surface area (Å²) in [6.07, 6.45) is 0. The lowest BCUT2D eigenvalue weighted by molar-refractivity contribution is 0.350. The fourth-order valence-corrected chi connectivity index (χ4v) is 2.44. The molecule has 1 nitrogen and oxygen atoms in total. The molecule has 0 unspecified atom stereocenters. The summed E-state index contributed by atoms with van der Waals surface area (Å²) < 4.78 is 13.4. The molecule has 0 saturated heterocycles. The van der Waals surface area contributed by atoms with Gasteiger partial charge in [-0.25, -0.2) is 4.39 Å². The Balaban J connectivity index is 1.99. The highest BCUT2D eigenvalue weighted by Gasteiger charge is 2.01. The van der Waals surface area contributed by atoms with Crippen molar-refractivity contribution in [3.63, 3.8) is 0 Å². The first-order chi connectivity index (χ1) is 9.29. The third-order valence-corrected chi connectivity index (χ3v) is 3.62. The maximum atomic E-state index is 13.4. The van der Waals surface area contributed by atoms with Crippen LogP contribution < -0.4 is 0 Å². The van der Waals surface area contributed by atoms with Crippen LogP contribution in [0.1, 0.15) is 11.1 Å². The molecule has 1 N–H and O–H groups in total. The predicted octanol–water partition coefficient (Wildman–Crippen LogP) is 3.46. The van der Waals surface area contributed by atoms with Gasteiger partial charge in [0.25, 0.3) is 0 Å². The molecule has 3 heteroatoms. The molecule has 0 aliphatic rings. The van der Waals surface area contributed by atoms with Gasteiger partial charge in [0.05, 0.1) is 0 Å². The Kier molecular flexibility index (Phi) is 5.02. The Hall–Kier alpha value is -1.76. The van der Waals surface area contributed by atoms with Gasteiger partial charge in [0.2, 0.25) is 0 Å². The summed E-state index contributed by atoms with van der Waals surface area (Å²) >= 11 is 1.47. The quantitative estimate of drug-likeness (QED) is 0.682. The average Bonchev–Trinajstić information content (AvgIpc) is 2.45. The van der Waals surface area contributed by atoms with Gasteiger partial charge in [0, 0.05) is 16.2 Å². The second-order valence-electron chi connectivity index (χ2n) is 3.88. The highest BCUT2D eigenvalue weighted by molar-refractivity contribution is 7.98. The van der Waals surface area contributed by atoms with E-state index in [0.29, 0.717) is 10.6 Å². The smallest absolute Gasteiger partial charge is 0.136 e. The molecular formula is C16H13FOS. The van der Waals surface area contributed by atoms with Gasteiger partial charge < -0.3 is 5.11 Å². The van der Waals surface area contributed by atoms with Gasteiger partial charge in [0.1, 0.15) is 12.4 Å². The van der Waals surface area contributed by atoms with Crippen LogP contribution in [0.2, 0.25) is 0 Å². The predicted molar refractivity (Wildman–Crippen MR) is 76.4 cm³/mol. The lowest BCUT2D eigenvalue weighted by Gasteiger charge is -2.03. The van der Waals surface area contributed by atoms with E-state index in [1.165, 1.54) is 17.8 Å². The molecule has 19 heavy (non-hydrogen) atoms. The van der Waals surface area contributed by atoms with E-state index in [1.807, 2.05) is 30.3 Å². The van der Waals surface area contributed by atoms with Crippen molar-refractivity contribution in [3.05, 3.63) is 65.5 Å². The monoisotopic (exact) mass is 272 g/mol. The van der Waals surface area contributed by atoms with Gasteiger partial charge in [0.15, 0.2) is 0 Å². The fraction of sp³-hybridized carbons (Fsp3) is 0.125. The number of rotatable bonds is 3. The SMILES string of the molecule is OCC#Cc1ccc(CSc2ccccc2F)cc1. The van der Waals surface area contributed by atoms with Crippen LogP contribution in [-0.2, 0) is 5.75 Å². The zero-order chi connectivity index (χ0) is 13.5. The van der Waals surface area contributed by atoms with Gasteiger partial charge in [-0.05, 0) is 29.8 Å². The minimum atomic E-state index is -0.182. The van der Waals surface area contributed by atoms with Crippen molar-refractivity contribution < 1.29 is 9.50 Å². The summed E-state index contributed by atoms with van der Waals surface area (Å²) in [6.45, 7) is -0.134. The zero-order valence-electron chi connectivity index (χ0n) is 10.3. The number of aliphatic hydroxyl groups excluding tert-OH is 1. The van der Waals surface area contributed by atoms with E-state index in [4.69, 9.17) is 5.11 Å². The molecule has 0 saturated carbocycles.